The van der Waals surface area contributed by atoms with Crippen molar-refractivity contribution in [3.05, 3.63) is 58.3 Å². The van der Waals surface area contributed by atoms with Gasteiger partial charge in [0.2, 0.25) is 12.3 Å². The van der Waals surface area contributed by atoms with E-state index in [9.17, 15) is 4.79 Å². The van der Waals surface area contributed by atoms with Crippen molar-refractivity contribution in [2.24, 2.45) is 0 Å². The molecule has 1 amide bonds. The van der Waals surface area contributed by atoms with Crippen molar-refractivity contribution in [3.8, 4) is 0 Å². The summed E-state index contributed by atoms with van der Waals surface area (Å²) in [6.45, 7) is 0. The minimum Gasteiger partial charge on any atom is -0.269 e. The Labute approximate surface area is 109 Å². The number of rotatable bonds is 2. The molecule has 1 aliphatic heterocycles. The largest absolute Gasteiger partial charge is 0.281 e. The topological polar surface area (TPSA) is 32.1 Å². The van der Waals surface area contributed by atoms with Crippen LogP contribution in [0.5, 0.6) is 0 Å². The molecule has 1 N–H and O–H groups in total. The van der Waals surface area contributed by atoms with Crippen molar-refractivity contribution < 1.29 is 9.48 Å². The first-order valence-electron chi connectivity index (χ1n) is 5.84. The molecule has 3 rings (SSSR count). The van der Waals surface area contributed by atoms with E-state index < -0.39 is 0 Å². The van der Waals surface area contributed by atoms with Gasteiger partial charge in [0.15, 0.2) is 0 Å². The second kappa shape index (κ2) is 4.74. The monoisotopic (exact) mass is 257 g/mol. The molecule has 0 saturated carbocycles. The Kier molecular flexibility index (Phi) is 2.94. The maximum atomic E-state index is 11.6. The van der Waals surface area contributed by atoms with Gasteiger partial charge in [0.1, 0.15) is 6.42 Å². The number of hydrogen-bond acceptors (Lipinski definition) is 2. The highest BCUT2D eigenvalue weighted by Crippen LogP contribution is 2.24. The predicted molar refractivity (Wildman–Crippen MR) is 71.7 cm³/mol. The standard InChI is InChI=1S/C14H12N2OS/c17-14-9-13(11-5-2-1-3-6-11)16(15-14)10-12-7-4-8-18-12/h1-8,10,13H,9H2/p+1/b16-10-. The fraction of sp³-hybridized carbons (Fsp3) is 0.143. The third kappa shape index (κ3) is 2.19. The number of carbonyl (C=O) groups excluding carboxylic acids is 1. The summed E-state index contributed by atoms with van der Waals surface area (Å²) in [5, 5.41) is 2.03. The lowest BCUT2D eigenvalue weighted by Crippen LogP contribution is -2.26. The fourth-order valence-electron chi connectivity index (χ4n) is 2.12. The van der Waals surface area contributed by atoms with Crippen LogP contribution in [0, 0.1) is 0 Å². The second-order valence-electron chi connectivity index (χ2n) is 4.22. The van der Waals surface area contributed by atoms with Gasteiger partial charge in [0.25, 0.3) is 5.91 Å². The molecule has 0 spiro atoms. The maximum Gasteiger partial charge on any atom is 0.281 e. The van der Waals surface area contributed by atoms with Crippen LogP contribution in [-0.2, 0) is 4.79 Å². The quantitative estimate of drug-likeness (QED) is 0.823. The molecule has 1 saturated heterocycles. The van der Waals surface area contributed by atoms with E-state index >= 15 is 0 Å². The van der Waals surface area contributed by atoms with Crippen molar-refractivity contribution in [1.82, 2.24) is 5.43 Å². The number of hydrogen-bond donors (Lipinski definition) is 1. The third-order valence-corrected chi connectivity index (χ3v) is 3.77. The summed E-state index contributed by atoms with van der Waals surface area (Å²) in [7, 11) is 0. The van der Waals surface area contributed by atoms with Gasteiger partial charge in [-0.05, 0) is 11.4 Å². The number of carbonyl (C=O) groups is 1. The van der Waals surface area contributed by atoms with Crippen LogP contribution in [0.15, 0.2) is 47.8 Å². The van der Waals surface area contributed by atoms with Gasteiger partial charge in [-0.25, -0.2) is 0 Å². The summed E-state index contributed by atoms with van der Waals surface area (Å²) in [6.07, 6.45) is 2.50. The van der Waals surface area contributed by atoms with E-state index in [0.717, 1.165) is 10.4 Å². The molecule has 0 bridgehead atoms. The molecule has 1 aromatic heterocycles. The van der Waals surface area contributed by atoms with Gasteiger partial charge < -0.3 is 0 Å². The van der Waals surface area contributed by atoms with E-state index in [1.54, 1.807) is 11.3 Å². The van der Waals surface area contributed by atoms with E-state index in [4.69, 9.17) is 0 Å². The van der Waals surface area contributed by atoms with E-state index in [2.05, 4.69) is 17.6 Å². The first-order valence-corrected chi connectivity index (χ1v) is 6.72. The van der Waals surface area contributed by atoms with Crippen LogP contribution in [-0.4, -0.2) is 16.8 Å². The average molecular weight is 257 g/mol. The van der Waals surface area contributed by atoms with Crippen molar-refractivity contribution in [1.29, 1.82) is 0 Å². The van der Waals surface area contributed by atoms with E-state index in [1.165, 1.54) is 0 Å². The zero-order chi connectivity index (χ0) is 12.4. The number of hydrazone groups is 1. The Hall–Kier alpha value is -1.94. The SMILES string of the molecule is O=C1CC(c2ccccc2)/[N+](=C/c2cccs2)N1. The summed E-state index contributed by atoms with van der Waals surface area (Å²) >= 11 is 1.66. The van der Waals surface area contributed by atoms with Crippen LogP contribution in [0.4, 0.5) is 0 Å². The molecule has 2 aromatic rings. The highest BCUT2D eigenvalue weighted by Gasteiger charge is 2.35. The molecule has 1 fully saturated rings. The summed E-state index contributed by atoms with van der Waals surface area (Å²) in [4.78, 5) is 12.7. The van der Waals surface area contributed by atoms with E-state index in [1.807, 2.05) is 46.6 Å². The Morgan fingerprint density at radius 1 is 1.22 bits per heavy atom. The Bertz CT molecular complexity index is 575. The smallest absolute Gasteiger partial charge is 0.269 e. The van der Waals surface area contributed by atoms with Crippen LogP contribution in [0.2, 0.25) is 0 Å². The number of nitrogens with one attached hydrogen (secondary N) is 1. The van der Waals surface area contributed by atoms with Gasteiger partial charge in [-0.3, -0.25) is 4.79 Å². The molecule has 0 aliphatic carbocycles. The van der Waals surface area contributed by atoms with Gasteiger partial charge in [-0.1, -0.05) is 36.4 Å². The minimum absolute atomic E-state index is 0.0664. The van der Waals surface area contributed by atoms with Crippen molar-refractivity contribution >= 4 is 23.5 Å². The second-order valence-corrected chi connectivity index (χ2v) is 5.20. The molecule has 0 radical (unpaired) electrons. The van der Waals surface area contributed by atoms with Gasteiger partial charge in [-0.15, -0.1) is 21.4 Å². The van der Waals surface area contributed by atoms with Crippen molar-refractivity contribution in [2.45, 2.75) is 12.5 Å². The first-order chi connectivity index (χ1) is 8.83. The highest BCUT2D eigenvalue weighted by molar-refractivity contribution is 7.11. The molecule has 2 heterocycles. The molecule has 1 atom stereocenters. The number of nitrogens with zero attached hydrogens (tertiary/aromatic N) is 1. The molecule has 18 heavy (non-hydrogen) atoms. The lowest BCUT2D eigenvalue weighted by atomic mass is 10.1. The van der Waals surface area contributed by atoms with E-state index in [-0.39, 0.29) is 11.9 Å². The number of thiophene rings is 1. The van der Waals surface area contributed by atoms with Crippen LogP contribution in [0.1, 0.15) is 22.9 Å². The Morgan fingerprint density at radius 2 is 2.06 bits per heavy atom. The Balaban J connectivity index is 1.95. The van der Waals surface area contributed by atoms with Gasteiger partial charge >= 0.3 is 0 Å². The number of benzene rings is 1. The summed E-state index contributed by atoms with van der Waals surface area (Å²) in [6, 6.07) is 14.2. The van der Waals surface area contributed by atoms with Gasteiger partial charge in [-0.2, -0.15) is 0 Å². The Morgan fingerprint density at radius 3 is 2.78 bits per heavy atom. The lowest BCUT2D eigenvalue weighted by molar-refractivity contribution is -0.594. The van der Waals surface area contributed by atoms with Gasteiger partial charge in [0, 0.05) is 5.56 Å². The normalized spacial score (nSPS) is 21.2. The van der Waals surface area contributed by atoms with Crippen molar-refractivity contribution in [2.75, 3.05) is 0 Å². The van der Waals surface area contributed by atoms with Gasteiger partial charge in [0.05, 0.1) is 4.88 Å². The summed E-state index contributed by atoms with van der Waals surface area (Å²) in [5.41, 5.74) is 4.04. The zero-order valence-electron chi connectivity index (χ0n) is 9.74. The van der Waals surface area contributed by atoms with Crippen molar-refractivity contribution in [3.63, 3.8) is 0 Å². The average Bonchev–Trinajstić information content (AvgIpc) is 3.01. The molecule has 90 valence electrons. The summed E-state index contributed by atoms with van der Waals surface area (Å²) in [5.74, 6) is 0.0664. The maximum absolute atomic E-state index is 11.6. The van der Waals surface area contributed by atoms with E-state index in [0.29, 0.717) is 6.42 Å². The van der Waals surface area contributed by atoms with Crippen LogP contribution in [0.3, 0.4) is 0 Å². The van der Waals surface area contributed by atoms with Crippen LogP contribution >= 0.6 is 11.3 Å². The minimum atomic E-state index is 0.0664. The number of hydrazine groups is 1. The molecule has 3 nitrogen and oxygen atoms in total. The van der Waals surface area contributed by atoms with Crippen LogP contribution < -0.4 is 5.43 Å². The zero-order valence-corrected chi connectivity index (χ0v) is 10.6. The molecule has 1 aliphatic rings. The summed E-state index contributed by atoms with van der Waals surface area (Å²) < 4.78 is 1.91. The molecule has 4 heteroatoms. The molecule has 1 unspecified atom stereocenters. The third-order valence-electron chi connectivity index (χ3n) is 2.96. The molecular formula is C14H13N2OS+. The lowest BCUT2D eigenvalue weighted by Gasteiger charge is -2.04. The highest BCUT2D eigenvalue weighted by atomic mass is 32.1. The predicted octanol–water partition coefficient (Wildman–Crippen LogP) is 2.36. The fourth-order valence-corrected chi connectivity index (χ4v) is 2.77. The molecule has 1 aromatic carbocycles. The van der Waals surface area contributed by atoms with Crippen LogP contribution in [0.25, 0.3) is 0 Å². The first kappa shape index (κ1) is 11.2. The number of amides is 1. The molecular weight excluding hydrogens is 244 g/mol.